The molecule has 2 heterocycles. The molecule has 0 aliphatic carbocycles. The Morgan fingerprint density at radius 2 is 2.04 bits per heavy atom. The molecule has 0 bridgehead atoms. The van der Waals surface area contributed by atoms with Crippen molar-refractivity contribution in [1.29, 1.82) is 0 Å². The normalized spacial score (nSPS) is 17.2. The lowest BCUT2D eigenvalue weighted by molar-refractivity contribution is -0.117. The summed E-state index contributed by atoms with van der Waals surface area (Å²) in [5, 5.41) is 0. The summed E-state index contributed by atoms with van der Waals surface area (Å²) in [5.74, 6) is 1.24. The van der Waals surface area contributed by atoms with Gasteiger partial charge in [-0.05, 0) is 43.7 Å². The van der Waals surface area contributed by atoms with Crippen LogP contribution in [-0.4, -0.2) is 22.0 Å². The second kappa shape index (κ2) is 6.45. The molecule has 4 nitrogen and oxygen atoms in total. The summed E-state index contributed by atoms with van der Waals surface area (Å²) in [5.41, 5.74) is 5.29. The molecule has 1 fully saturated rings. The Morgan fingerprint density at radius 1 is 1.23 bits per heavy atom. The summed E-state index contributed by atoms with van der Waals surface area (Å²) in [6.07, 6.45) is 0.494. The number of amides is 1. The minimum absolute atomic E-state index is 0.0924. The number of aryl methyl sites for hydroxylation is 1. The molecule has 26 heavy (non-hydrogen) atoms. The Balaban J connectivity index is 1.72. The number of fused-ring (bicyclic) bond motifs is 1. The number of rotatable bonds is 4. The molecule has 1 aromatic heterocycles. The summed E-state index contributed by atoms with van der Waals surface area (Å²) >= 11 is 0. The summed E-state index contributed by atoms with van der Waals surface area (Å²) in [4.78, 5) is 19.5. The van der Waals surface area contributed by atoms with Crippen molar-refractivity contribution in [2.75, 3.05) is 11.4 Å². The number of hydrogen-bond acceptors (Lipinski definition) is 2. The maximum atomic E-state index is 12.7. The number of nitrogens with zero attached hydrogens (tertiary/aromatic N) is 3. The minimum atomic E-state index is 0.0924. The van der Waals surface area contributed by atoms with Crippen molar-refractivity contribution in [1.82, 2.24) is 9.55 Å². The van der Waals surface area contributed by atoms with E-state index in [-0.39, 0.29) is 11.8 Å². The summed E-state index contributed by atoms with van der Waals surface area (Å²) in [6.45, 7) is 9.54. The van der Waals surface area contributed by atoms with Crippen molar-refractivity contribution in [3.8, 4) is 0 Å². The number of allylic oxidation sites excluding steroid dienone is 1. The molecule has 1 aliphatic rings. The van der Waals surface area contributed by atoms with Gasteiger partial charge in [-0.15, -0.1) is 0 Å². The average Bonchev–Trinajstić information content (AvgIpc) is 3.16. The zero-order valence-corrected chi connectivity index (χ0v) is 15.3. The van der Waals surface area contributed by atoms with Crippen LogP contribution in [-0.2, 0) is 11.3 Å². The molecule has 1 aliphatic heterocycles. The van der Waals surface area contributed by atoms with E-state index in [4.69, 9.17) is 4.98 Å². The first kappa shape index (κ1) is 16.6. The van der Waals surface area contributed by atoms with Crippen LogP contribution in [0.3, 0.4) is 0 Å². The van der Waals surface area contributed by atoms with Crippen LogP contribution in [0.25, 0.3) is 11.0 Å². The quantitative estimate of drug-likeness (QED) is 0.656. The lowest BCUT2D eigenvalue weighted by atomic mass is 10.1. The number of aromatic nitrogens is 2. The van der Waals surface area contributed by atoms with E-state index in [1.165, 1.54) is 0 Å². The van der Waals surface area contributed by atoms with Crippen LogP contribution >= 0.6 is 0 Å². The van der Waals surface area contributed by atoms with Crippen molar-refractivity contribution in [3.63, 3.8) is 0 Å². The first-order chi connectivity index (χ1) is 12.5. The average molecular weight is 345 g/mol. The maximum Gasteiger partial charge on any atom is 0.227 e. The molecular formula is C22H23N3O. The molecule has 1 atom stereocenters. The van der Waals surface area contributed by atoms with E-state index in [9.17, 15) is 4.79 Å². The maximum absolute atomic E-state index is 12.7. The van der Waals surface area contributed by atoms with Gasteiger partial charge in [0.1, 0.15) is 5.82 Å². The zero-order valence-electron chi connectivity index (χ0n) is 15.3. The van der Waals surface area contributed by atoms with Gasteiger partial charge in [0.25, 0.3) is 0 Å². The minimum Gasteiger partial charge on any atom is -0.324 e. The monoisotopic (exact) mass is 345 g/mol. The van der Waals surface area contributed by atoms with Crippen molar-refractivity contribution in [2.24, 2.45) is 0 Å². The fourth-order valence-corrected chi connectivity index (χ4v) is 3.77. The molecule has 132 valence electrons. The van der Waals surface area contributed by atoms with E-state index in [1.807, 2.05) is 55.1 Å². The highest BCUT2D eigenvalue weighted by molar-refractivity contribution is 5.96. The Labute approximate surface area is 153 Å². The van der Waals surface area contributed by atoms with E-state index in [2.05, 4.69) is 23.3 Å². The van der Waals surface area contributed by atoms with Crippen LogP contribution < -0.4 is 4.90 Å². The largest absolute Gasteiger partial charge is 0.324 e. The molecule has 4 rings (SSSR count). The number of carbonyl (C=O) groups is 1. The van der Waals surface area contributed by atoms with E-state index >= 15 is 0 Å². The molecule has 1 saturated heterocycles. The van der Waals surface area contributed by atoms with Gasteiger partial charge in [-0.25, -0.2) is 4.98 Å². The van der Waals surface area contributed by atoms with Gasteiger partial charge < -0.3 is 9.47 Å². The van der Waals surface area contributed by atoms with E-state index in [0.717, 1.165) is 40.2 Å². The third kappa shape index (κ3) is 2.92. The van der Waals surface area contributed by atoms with Gasteiger partial charge in [-0.2, -0.15) is 0 Å². The zero-order chi connectivity index (χ0) is 18.3. The third-order valence-corrected chi connectivity index (χ3v) is 4.92. The first-order valence-corrected chi connectivity index (χ1v) is 8.99. The Bertz CT molecular complexity index is 1000. The van der Waals surface area contributed by atoms with Gasteiger partial charge in [-0.1, -0.05) is 36.4 Å². The Hall–Kier alpha value is -2.88. The van der Waals surface area contributed by atoms with E-state index in [1.54, 1.807) is 0 Å². The molecular weight excluding hydrogens is 322 g/mol. The molecule has 0 spiro atoms. The number of carbonyl (C=O) groups excluding carboxylic acids is 1. The Kier molecular flexibility index (Phi) is 4.11. The van der Waals surface area contributed by atoms with Gasteiger partial charge in [0, 0.05) is 31.1 Å². The predicted molar refractivity (Wildman–Crippen MR) is 105 cm³/mol. The van der Waals surface area contributed by atoms with Crippen LogP contribution in [0.15, 0.2) is 60.7 Å². The molecule has 0 radical (unpaired) electrons. The van der Waals surface area contributed by atoms with Gasteiger partial charge in [0.15, 0.2) is 0 Å². The number of benzene rings is 2. The van der Waals surface area contributed by atoms with Crippen molar-refractivity contribution < 1.29 is 4.79 Å². The number of para-hydroxylation sites is 2. The van der Waals surface area contributed by atoms with Crippen molar-refractivity contribution in [3.05, 3.63) is 72.1 Å². The fourth-order valence-electron chi connectivity index (χ4n) is 3.77. The van der Waals surface area contributed by atoms with Crippen molar-refractivity contribution in [2.45, 2.75) is 32.7 Å². The molecule has 3 aromatic rings. The standard InChI is InChI=1S/C22H23N3O/c1-15(2)13-25-20-10-5-4-9-19(20)23-22(25)17-12-21(26)24(14-17)18-8-6-7-16(3)11-18/h4-11,17H,1,12-14H2,2-3H3/t17-/m0/s1. The smallest absolute Gasteiger partial charge is 0.227 e. The second-order valence-corrected chi connectivity index (χ2v) is 7.25. The van der Waals surface area contributed by atoms with Gasteiger partial charge >= 0.3 is 0 Å². The first-order valence-electron chi connectivity index (χ1n) is 8.99. The van der Waals surface area contributed by atoms with E-state index in [0.29, 0.717) is 13.0 Å². The highest BCUT2D eigenvalue weighted by Gasteiger charge is 2.34. The predicted octanol–water partition coefficient (Wildman–Crippen LogP) is 4.44. The molecule has 0 N–H and O–H groups in total. The number of imidazole rings is 1. The highest BCUT2D eigenvalue weighted by Crippen LogP contribution is 2.33. The fraction of sp³-hybridized carbons (Fsp3) is 0.273. The van der Waals surface area contributed by atoms with Crippen LogP contribution in [0.4, 0.5) is 5.69 Å². The summed E-state index contributed by atoms with van der Waals surface area (Å²) in [7, 11) is 0. The van der Waals surface area contributed by atoms with E-state index < -0.39 is 0 Å². The van der Waals surface area contributed by atoms with Crippen LogP contribution in [0, 0.1) is 6.92 Å². The van der Waals surface area contributed by atoms with Gasteiger partial charge in [-0.3, -0.25) is 4.79 Å². The molecule has 2 aromatic carbocycles. The summed E-state index contributed by atoms with van der Waals surface area (Å²) in [6, 6.07) is 16.3. The van der Waals surface area contributed by atoms with Crippen LogP contribution in [0.1, 0.15) is 30.7 Å². The molecule has 4 heteroatoms. The number of anilines is 1. The van der Waals surface area contributed by atoms with Crippen LogP contribution in [0.5, 0.6) is 0 Å². The molecule has 0 unspecified atom stereocenters. The summed E-state index contributed by atoms with van der Waals surface area (Å²) < 4.78 is 2.22. The lowest BCUT2D eigenvalue weighted by Gasteiger charge is -2.18. The van der Waals surface area contributed by atoms with Gasteiger partial charge in [0.05, 0.1) is 11.0 Å². The van der Waals surface area contributed by atoms with Gasteiger partial charge in [0.2, 0.25) is 5.91 Å². The van der Waals surface area contributed by atoms with Crippen LogP contribution in [0.2, 0.25) is 0 Å². The molecule has 0 saturated carbocycles. The molecule has 1 amide bonds. The highest BCUT2D eigenvalue weighted by atomic mass is 16.2. The topological polar surface area (TPSA) is 38.1 Å². The SMILES string of the molecule is C=C(C)Cn1c([C@H]2CC(=O)N(c3cccc(C)c3)C2)nc2ccccc21. The van der Waals surface area contributed by atoms with Crippen molar-refractivity contribution >= 4 is 22.6 Å². The number of hydrogen-bond donors (Lipinski definition) is 0. The second-order valence-electron chi connectivity index (χ2n) is 7.25. The lowest BCUT2D eigenvalue weighted by Crippen LogP contribution is -2.24. The third-order valence-electron chi connectivity index (χ3n) is 4.92. The Morgan fingerprint density at radius 3 is 2.81 bits per heavy atom.